The van der Waals surface area contributed by atoms with Crippen molar-refractivity contribution in [1.29, 1.82) is 0 Å². The van der Waals surface area contributed by atoms with Gasteiger partial charge in [-0.15, -0.1) is 11.3 Å². The molecule has 0 saturated carbocycles. The predicted molar refractivity (Wildman–Crippen MR) is 87.2 cm³/mol. The second-order valence-corrected chi connectivity index (χ2v) is 6.76. The van der Waals surface area contributed by atoms with Crippen LogP contribution in [0.3, 0.4) is 0 Å². The fourth-order valence-corrected chi connectivity index (χ4v) is 2.96. The van der Waals surface area contributed by atoms with Crippen LogP contribution < -0.4 is 11.1 Å². The molecule has 1 aromatic rings. The van der Waals surface area contributed by atoms with Crippen molar-refractivity contribution in [3.63, 3.8) is 0 Å². The minimum atomic E-state index is -0.523. The highest BCUT2D eigenvalue weighted by Gasteiger charge is 2.28. The highest BCUT2D eigenvalue weighted by atomic mass is 32.1. The number of carbonyl (C=O) groups excluding carboxylic acids is 2. The van der Waals surface area contributed by atoms with Gasteiger partial charge in [0.25, 0.3) is 0 Å². The Labute approximate surface area is 129 Å². The SMILES string of the molecule is COC(=O)c1c(NC(C)C(C)C)sc(C(=O)C(C)C)c1N. The molecule has 5 nitrogen and oxygen atoms in total. The van der Waals surface area contributed by atoms with E-state index in [1.807, 2.05) is 20.8 Å². The van der Waals surface area contributed by atoms with Crippen LogP contribution in [0.25, 0.3) is 0 Å². The third-order valence-electron chi connectivity index (χ3n) is 3.44. The van der Waals surface area contributed by atoms with Crippen LogP contribution in [0.4, 0.5) is 10.7 Å². The molecular formula is C15H24N2O3S. The van der Waals surface area contributed by atoms with Crippen LogP contribution in [-0.4, -0.2) is 24.9 Å². The maximum Gasteiger partial charge on any atom is 0.343 e. The number of nitrogen functional groups attached to an aromatic ring is 1. The van der Waals surface area contributed by atoms with E-state index in [0.717, 1.165) is 0 Å². The van der Waals surface area contributed by atoms with Crippen molar-refractivity contribution in [2.75, 3.05) is 18.2 Å². The molecule has 1 aromatic heterocycles. The second-order valence-electron chi connectivity index (χ2n) is 5.74. The van der Waals surface area contributed by atoms with E-state index in [0.29, 0.717) is 15.8 Å². The molecule has 0 aliphatic carbocycles. The number of hydrogen-bond donors (Lipinski definition) is 2. The largest absolute Gasteiger partial charge is 0.465 e. The number of thiophene rings is 1. The summed E-state index contributed by atoms with van der Waals surface area (Å²) in [6.07, 6.45) is 0. The fourth-order valence-electron chi connectivity index (χ4n) is 1.67. The minimum Gasteiger partial charge on any atom is -0.465 e. The molecule has 0 fully saturated rings. The number of anilines is 2. The standard InChI is InChI=1S/C15H24N2O3S/c1-7(2)9(5)17-14-10(15(19)20-6)11(16)13(21-14)12(18)8(3)4/h7-9,17H,16H2,1-6H3. The lowest BCUT2D eigenvalue weighted by molar-refractivity contribution is 0.0603. The smallest absolute Gasteiger partial charge is 0.343 e. The van der Waals surface area contributed by atoms with Crippen LogP contribution in [0.1, 0.15) is 54.6 Å². The van der Waals surface area contributed by atoms with E-state index in [-0.39, 0.29) is 29.0 Å². The molecule has 0 aromatic carbocycles. The van der Waals surface area contributed by atoms with E-state index in [1.165, 1.54) is 18.4 Å². The number of hydrogen-bond acceptors (Lipinski definition) is 6. The van der Waals surface area contributed by atoms with E-state index in [2.05, 4.69) is 19.2 Å². The summed E-state index contributed by atoms with van der Waals surface area (Å²) in [5.41, 5.74) is 6.49. The molecule has 0 bridgehead atoms. The van der Waals surface area contributed by atoms with Gasteiger partial charge in [0, 0.05) is 12.0 Å². The van der Waals surface area contributed by atoms with Gasteiger partial charge in [0.1, 0.15) is 10.6 Å². The highest BCUT2D eigenvalue weighted by Crippen LogP contribution is 2.38. The van der Waals surface area contributed by atoms with E-state index >= 15 is 0 Å². The van der Waals surface area contributed by atoms with Crippen LogP contribution in [0.15, 0.2) is 0 Å². The quantitative estimate of drug-likeness (QED) is 0.621. The van der Waals surface area contributed by atoms with Crippen LogP contribution in [0.5, 0.6) is 0 Å². The van der Waals surface area contributed by atoms with Gasteiger partial charge < -0.3 is 15.8 Å². The van der Waals surface area contributed by atoms with E-state index in [9.17, 15) is 9.59 Å². The summed E-state index contributed by atoms with van der Waals surface area (Å²) >= 11 is 1.23. The van der Waals surface area contributed by atoms with Crippen molar-refractivity contribution in [3.8, 4) is 0 Å². The summed E-state index contributed by atoms with van der Waals surface area (Å²) < 4.78 is 4.79. The van der Waals surface area contributed by atoms with Gasteiger partial charge in [-0.3, -0.25) is 4.79 Å². The normalized spacial score (nSPS) is 12.6. The summed E-state index contributed by atoms with van der Waals surface area (Å²) in [5.74, 6) is -0.382. The van der Waals surface area contributed by atoms with Gasteiger partial charge in [0.2, 0.25) is 0 Å². The molecular weight excluding hydrogens is 288 g/mol. The molecule has 1 rings (SSSR count). The fraction of sp³-hybridized carbons (Fsp3) is 0.600. The van der Waals surface area contributed by atoms with E-state index < -0.39 is 5.97 Å². The monoisotopic (exact) mass is 312 g/mol. The zero-order valence-electron chi connectivity index (χ0n) is 13.4. The van der Waals surface area contributed by atoms with Crippen molar-refractivity contribution >= 4 is 33.8 Å². The Hall–Kier alpha value is -1.56. The average Bonchev–Trinajstić information content (AvgIpc) is 2.73. The summed E-state index contributed by atoms with van der Waals surface area (Å²) in [6.45, 7) is 9.79. The molecule has 6 heteroatoms. The number of methoxy groups -OCH3 is 1. The number of nitrogens with one attached hydrogen (secondary N) is 1. The molecule has 0 spiro atoms. The van der Waals surface area contributed by atoms with Crippen molar-refractivity contribution in [3.05, 3.63) is 10.4 Å². The van der Waals surface area contributed by atoms with Gasteiger partial charge in [0.15, 0.2) is 5.78 Å². The van der Waals surface area contributed by atoms with Gasteiger partial charge in [-0.1, -0.05) is 27.7 Å². The van der Waals surface area contributed by atoms with Crippen LogP contribution in [0.2, 0.25) is 0 Å². The Bertz CT molecular complexity index is 535. The number of nitrogens with two attached hydrogens (primary N) is 1. The predicted octanol–water partition coefficient (Wildman–Crippen LogP) is 3.41. The third-order valence-corrected chi connectivity index (χ3v) is 4.59. The zero-order valence-corrected chi connectivity index (χ0v) is 14.3. The Morgan fingerprint density at radius 1 is 1.19 bits per heavy atom. The first-order chi connectivity index (χ1) is 9.70. The Morgan fingerprint density at radius 3 is 2.19 bits per heavy atom. The molecule has 118 valence electrons. The number of Topliss-reactive ketones (excluding diaryl/α,β-unsaturated/α-hetero) is 1. The number of ketones is 1. The maximum atomic E-state index is 12.2. The Balaban J connectivity index is 3.31. The average molecular weight is 312 g/mol. The molecule has 1 unspecified atom stereocenters. The van der Waals surface area contributed by atoms with Crippen LogP contribution in [0, 0.1) is 11.8 Å². The summed E-state index contributed by atoms with van der Waals surface area (Å²) in [6, 6.07) is 0.147. The lowest BCUT2D eigenvalue weighted by Gasteiger charge is -2.18. The molecule has 0 amide bonds. The lowest BCUT2D eigenvalue weighted by atomic mass is 10.1. The summed E-state index contributed by atoms with van der Waals surface area (Å²) in [7, 11) is 1.30. The number of rotatable bonds is 6. The van der Waals surface area contributed by atoms with Crippen LogP contribution in [-0.2, 0) is 4.74 Å². The minimum absolute atomic E-state index is 0.0621. The molecule has 21 heavy (non-hydrogen) atoms. The topological polar surface area (TPSA) is 81.4 Å². The number of esters is 1. The number of ether oxygens (including phenoxy) is 1. The first kappa shape index (κ1) is 17.5. The first-order valence-corrected chi connectivity index (χ1v) is 7.83. The van der Waals surface area contributed by atoms with Crippen molar-refractivity contribution in [2.24, 2.45) is 11.8 Å². The number of carbonyl (C=O) groups is 2. The lowest BCUT2D eigenvalue weighted by Crippen LogP contribution is -2.22. The molecule has 0 saturated heterocycles. The molecule has 1 heterocycles. The van der Waals surface area contributed by atoms with Gasteiger partial charge in [-0.05, 0) is 12.8 Å². The van der Waals surface area contributed by atoms with Crippen molar-refractivity contribution in [2.45, 2.75) is 40.7 Å². The molecule has 0 radical (unpaired) electrons. The van der Waals surface area contributed by atoms with E-state index in [4.69, 9.17) is 10.5 Å². The van der Waals surface area contributed by atoms with E-state index in [1.54, 1.807) is 0 Å². The zero-order chi connectivity index (χ0) is 16.3. The molecule has 3 N–H and O–H groups in total. The molecule has 0 aliphatic heterocycles. The van der Waals surface area contributed by atoms with Crippen molar-refractivity contribution < 1.29 is 14.3 Å². The first-order valence-electron chi connectivity index (χ1n) is 7.01. The summed E-state index contributed by atoms with van der Waals surface area (Å²) in [4.78, 5) is 24.6. The highest BCUT2D eigenvalue weighted by molar-refractivity contribution is 7.19. The maximum absolute atomic E-state index is 12.2. The Kier molecular flexibility index (Phi) is 5.78. The molecule has 1 atom stereocenters. The third kappa shape index (κ3) is 3.75. The van der Waals surface area contributed by atoms with Gasteiger partial charge in [0.05, 0.1) is 17.7 Å². The second kappa shape index (κ2) is 6.93. The van der Waals surface area contributed by atoms with Gasteiger partial charge in [-0.25, -0.2) is 4.79 Å². The van der Waals surface area contributed by atoms with Crippen molar-refractivity contribution in [1.82, 2.24) is 0 Å². The van der Waals surface area contributed by atoms with Gasteiger partial charge >= 0.3 is 5.97 Å². The Morgan fingerprint density at radius 2 is 1.76 bits per heavy atom. The van der Waals surface area contributed by atoms with Crippen LogP contribution >= 0.6 is 11.3 Å². The van der Waals surface area contributed by atoms with Gasteiger partial charge in [-0.2, -0.15) is 0 Å². The summed E-state index contributed by atoms with van der Waals surface area (Å²) in [5, 5.41) is 3.87. The molecule has 0 aliphatic rings.